The van der Waals surface area contributed by atoms with Crippen LogP contribution in [-0.2, 0) is 16.0 Å². The van der Waals surface area contributed by atoms with E-state index in [9.17, 15) is 0 Å². The molecule has 0 amide bonds. The van der Waals surface area contributed by atoms with Gasteiger partial charge in [0.15, 0.2) is 0 Å². The van der Waals surface area contributed by atoms with Gasteiger partial charge in [-0.2, -0.15) is 0 Å². The Hall–Kier alpha value is -1.07. The lowest BCUT2D eigenvalue weighted by atomic mass is 9.98. The maximum absolute atomic E-state index is 5.96. The fourth-order valence-electron chi connectivity index (χ4n) is 2.69. The summed E-state index contributed by atoms with van der Waals surface area (Å²) in [6.45, 7) is 4.36. The summed E-state index contributed by atoms with van der Waals surface area (Å²) < 4.78 is 13.2. The Kier molecular flexibility index (Phi) is 6.33. The highest BCUT2D eigenvalue weighted by molar-refractivity contribution is 5.27. The van der Waals surface area contributed by atoms with Gasteiger partial charge in [0, 0.05) is 32.1 Å². The van der Waals surface area contributed by atoms with E-state index in [2.05, 4.69) is 21.8 Å². The first-order chi connectivity index (χ1) is 9.79. The number of anilines is 1. The topological polar surface area (TPSA) is 48.3 Å². The molecule has 1 aromatic rings. The van der Waals surface area contributed by atoms with E-state index in [0.717, 1.165) is 19.1 Å². The predicted octanol–water partition coefficient (Wildman–Crippen LogP) is 2.68. The van der Waals surface area contributed by atoms with E-state index in [1.807, 2.05) is 12.4 Å². The number of hydrogen-bond acceptors (Lipinski definition) is 4. The second kappa shape index (κ2) is 8.27. The van der Waals surface area contributed by atoms with Crippen molar-refractivity contribution in [3.8, 4) is 0 Å². The molecule has 5 heteroatoms. The fraction of sp³-hybridized carbons (Fsp3) is 0.800. The van der Waals surface area contributed by atoms with Crippen LogP contribution in [0.3, 0.4) is 0 Å². The minimum Gasteiger partial charge on any atom is -0.383 e. The molecule has 1 aliphatic rings. The third-order valence-corrected chi connectivity index (χ3v) is 3.75. The second-order valence-corrected chi connectivity index (χ2v) is 5.58. The Morgan fingerprint density at radius 3 is 2.95 bits per heavy atom. The average molecular weight is 281 g/mol. The molecule has 1 aliphatic carbocycles. The monoisotopic (exact) mass is 281 g/mol. The van der Waals surface area contributed by atoms with E-state index in [1.54, 1.807) is 7.11 Å². The molecule has 1 atom stereocenters. The van der Waals surface area contributed by atoms with Gasteiger partial charge in [-0.05, 0) is 19.8 Å². The maximum Gasteiger partial charge on any atom is 0.203 e. The molecule has 1 saturated carbocycles. The lowest BCUT2D eigenvalue weighted by Gasteiger charge is -2.22. The molecule has 0 bridgehead atoms. The molecule has 1 unspecified atom stereocenters. The molecule has 0 saturated heterocycles. The molecule has 0 aliphatic heterocycles. The van der Waals surface area contributed by atoms with Gasteiger partial charge < -0.3 is 19.4 Å². The van der Waals surface area contributed by atoms with Crippen molar-refractivity contribution in [1.82, 2.24) is 9.55 Å². The predicted molar refractivity (Wildman–Crippen MR) is 80.0 cm³/mol. The minimum absolute atomic E-state index is 0.250. The van der Waals surface area contributed by atoms with Crippen LogP contribution in [0.5, 0.6) is 0 Å². The van der Waals surface area contributed by atoms with Crippen molar-refractivity contribution < 1.29 is 9.47 Å². The summed E-state index contributed by atoms with van der Waals surface area (Å²) in [6.07, 6.45) is 10.7. The first kappa shape index (κ1) is 15.3. The molecule has 114 valence electrons. The van der Waals surface area contributed by atoms with Gasteiger partial charge in [-0.25, -0.2) is 4.98 Å². The number of hydrogen-bond donors (Lipinski definition) is 1. The highest BCUT2D eigenvalue weighted by Crippen LogP contribution is 2.20. The number of ether oxygens (including phenoxy) is 2. The van der Waals surface area contributed by atoms with Gasteiger partial charge in [-0.15, -0.1) is 0 Å². The average Bonchev–Trinajstić information content (AvgIpc) is 2.88. The summed E-state index contributed by atoms with van der Waals surface area (Å²) in [5, 5.41) is 3.35. The van der Waals surface area contributed by atoms with Crippen LogP contribution in [0.4, 0.5) is 5.95 Å². The number of nitrogens with one attached hydrogen (secondary N) is 1. The zero-order valence-corrected chi connectivity index (χ0v) is 12.7. The minimum atomic E-state index is 0.250. The number of nitrogens with zero attached hydrogens (tertiary/aromatic N) is 2. The van der Waals surface area contributed by atoms with Crippen LogP contribution in [0.1, 0.15) is 39.0 Å². The Labute approximate surface area is 121 Å². The van der Waals surface area contributed by atoms with Crippen molar-refractivity contribution >= 4 is 5.95 Å². The standard InChI is InChI=1S/C15H27N3O2/c1-13(12-19-2)17-15-16-8-9-18(15)10-11-20-14-6-4-3-5-7-14/h8-9,13-14H,3-7,10-12H2,1-2H3,(H,16,17). The molecular weight excluding hydrogens is 254 g/mol. The molecule has 0 spiro atoms. The normalized spacial score (nSPS) is 18.1. The number of methoxy groups -OCH3 is 1. The SMILES string of the molecule is COCC(C)Nc1nccn1CCOC1CCCCC1. The van der Waals surface area contributed by atoms with Crippen molar-refractivity contribution in [2.45, 2.75) is 57.7 Å². The van der Waals surface area contributed by atoms with Crippen LogP contribution in [0.2, 0.25) is 0 Å². The molecule has 1 heterocycles. The van der Waals surface area contributed by atoms with E-state index in [1.165, 1.54) is 32.1 Å². The Balaban J connectivity index is 1.73. The highest BCUT2D eigenvalue weighted by atomic mass is 16.5. The molecule has 1 fully saturated rings. The lowest BCUT2D eigenvalue weighted by Crippen LogP contribution is -2.24. The molecular formula is C15H27N3O2. The molecule has 0 radical (unpaired) electrons. The number of rotatable bonds is 8. The molecule has 20 heavy (non-hydrogen) atoms. The van der Waals surface area contributed by atoms with E-state index in [4.69, 9.17) is 9.47 Å². The van der Waals surface area contributed by atoms with Crippen LogP contribution in [0.15, 0.2) is 12.4 Å². The van der Waals surface area contributed by atoms with Gasteiger partial charge in [-0.1, -0.05) is 19.3 Å². The molecule has 1 N–H and O–H groups in total. The number of imidazole rings is 1. The lowest BCUT2D eigenvalue weighted by molar-refractivity contribution is 0.0242. The van der Waals surface area contributed by atoms with Crippen molar-refractivity contribution in [3.05, 3.63) is 12.4 Å². The van der Waals surface area contributed by atoms with Crippen LogP contribution >= 0.6 is 0 Å². The van der Waals surface area contributed by atoms with Crippen molar-refractivity contribution in [1.29, 1.82) is 0 Å². The second-order valence-electron chi connectivity index (χ2n) is 5.58. The van der Waals surface area contributed by atoms with Gasteiger partial charge in [0.1, 0.15) is 0 Å². The molecule has 0 aromatic carbocycles. The Bertz CT molecular complexity index is 375. The summed E-state index contributed by atoms with van der Waals surface area (Å²) in [5.74, 6) is 0.891. The summed E-state index contributed by atoms with van der Waals surface area (Å²) in [7, 11) is 1.71. The van der Waals surface area contributed by atoms with Gasteiger partial charge in [0.2, 0.25) is 5.95 Å². The number of aromatic nitrogens is 2. The molecule has 1 aromatic heterocycles. The molecule has 5 nitrogen and oxygen atoms in total. The van der Waals surface area contributed by atoms with Gasteiger partial charge in [-0.3, -0.25) is 0 Å². The fourth-order valence-corrected chi connectivity index (χ4v) is 2.69. The zero-order chi connectivity index (χ0) is 14.2. The summed E-state index contributed by atoms with van der Waals surface area (Å²) in [4.78, 5) is 4.34. The Morgan fingerprint density at radius 1 is 1.40 bits per heavy atom. The zero-order valence-electron chi connectivity index (χ0n) is 12.7. The largest absolute Gasteiger partial charge is 0.383 e. The summed E-state index contributed by atoms with van der Waals surface area (Å²) in [5.41, 5.74) is 0. The highest BCUT2D eigenvalue weighted by Gasteiger charge is 2.13. The smallest absolute Gasteiger partial charge is 0.203 e. The van der Waals surface area contributed by atoms with E-state index >= 15 is 0 Å². The first-order valence-electron chi connectivity index (χ1n) is 7.68. The third kappa shape index (κ3) is 4.80. The van der Waals surface area contributed by atoms with Crippen LogP contribution in [0.25, 0.3) is 0 Å². The Morgan fingerprint density at radius 2 is 2.20 bits per heavy atom. The maximum atomic E-state index is 5.96. The van der Waals surface area contributed by atoms with Gasteiger partial charge in [0.05, 0.1) is 19.3 Å². The van der Waals surface area contributed by atoms with Crippen LogP contribution in [-0.4, -0.2) is 42.0 Å². The van der Waals surface area contributed by atoms with Crippen LogP contribution < -0.4 is 5.32 Å². The van der Waals surface area contributed by atoms with Crippen molar-refractivity contribution in [2.24, 2.45) is 0 Å². The quantitative estimate of drug-likeness (QED) is 0.796. The first-order valence-corrected chi connectivity index (χ1v) is 7.68. The van der Waals surface area contributed by atoms with Gasteiger partial charge in [0.25, 0.3) is 0 Å². The molecule has 2 rings (SSSR count). The summed E-state index contributed by atoms with van der Waals surface area (Å²) in [6, 6.07) is 0.250. The van der Waals surface area contributed by atoms with Crippen molar-refractivity contribution in [3.63, 3.8) is 0 Å². The van der Waals surface area contributed by atoms with E-state index < -0.39 is 0 Å². The van der Waals surface area contributed by atoms with E-state index in [0.29, 0.717) is 12.7 Å². The summed E-state index contributed by atoms with van der Waals surface area (Å²) >= 11 is 0. The van der Waals surface area contributed by atoms with Crippen molar-refractivity contribution in [2.75, 3.05) is 25.6 Å². The third-order valence-electron chi connectivity index (χ3n) is 3.75. The van der Waals surface area contributed by atoms with Crippen LogP contribution in [0, 0.1) is 0 Å². The van der Waals surface area contributed by atoms with E-state index in [-0.39, 0.29) is 6.04 Å². The van der Waals surface area contributed by atoms with Gasteiger partial charge >= 0.3 is 0 Å².